The number of halogens is 1. The van der Waals surface area contributed by atoms with Crippen molar-refractivity contribution in [3.63, 3.8) is 0 Å². The Morgan fingerprint density at radius 3 is 2.68 bits per heavy atom. The van der Waals surface area contributed by atoms with Gasteiger partial charge in [-0.1, -0.05) is 0 Å². The lowest BCUT2D eigenvalue weighted by Gasteiger charge is -2.31. The number of sulfonamides is 1. The monoisotopic (exact) mass is 288 g/mol. The molecular weight excluding hydrogens is 271 g/mol. The van der Waals surface area contributed by atoms with Crippen molar-refractivity contribution >= 4 is 15.7 Å². The molecule has 7 heteroatoms. The van der Waals surface area contributed by atoms with Crippen LogP contribution in [0.2, 0.25) is 0 Å². The van der Waals surface area contributed by atoms with Gasteiger partial charge in [-0.2, -0.15) is 0 Å². The van der Waals surface area contributed by atoms with Gasteiger partial charge in [-0.15, -0.1) is 0 Å². The predicted molar refractivity (Wildman–Crippen MR) is 69.5 cm³/mol. The van der Waals surface area contributed by atoms with Crippen molar-refractivity contribution in [3.05, 3.63) is 23.5 Å². The number of aliphatic hydroxyl groups excluding tert-OH is 1. The number of nitrogen functional groups attached to an aromatic ring is 1. The van der Waals surface area contributed by atoms with Crippen LogP contribution in [0.15, 0.2) is 17.0 Å². The first-order chi connectivity index (χ1) is 8.79. The van der Waals surface area contributed by atoms with Gasteiger partial charge in [0.2, 0.25) is 10.0 Å². The Kier molecular flexibility index (Phi) is 3.80. The summed E-state index contributed by atoms with van der Waals surface area (Å²) in [6.45, 7) is 1.64. The highest BCUT2D eigenvalue weighted by Crippen LogP contribution is 2.27. The summed E-state index contributed by atoms with van der Waals surface area (Å²) >= 11 is 0. The maximum Gasteiger partial charge on any atom is 0.241 e. The fourth-order valence-corrected chi connectivity index (χ4v) is 3.53. The zero-order chi connectivity index (χ0) is 14.2. The third-order valence-electron chi connectivity index (χ3n) is 3.38. The molecule has 1 aromatic carbocycles. The van der Waals surface area contributed by atoms with Crippen molar-refractivity contribution < 1.29 is 17.9 Å². The first kappa shape index (κ1) is 14.2. The summed E-state index contributed by atoms with van der Waals surface area (Å²) in [6, 6.07) is 2.34. The van der Waals surface area contributed by atoms with Gasteiger partial charge in [-0.25, -0.2) is 17.5 Å². The molecular formula is C12H17FN2O3S. The maximum atomic E-state index is 13.5. The second kappa shape index (κ2) is 5.07. The van der Waals surface area contributed by atoms with E-state index in [0.29, 0.717) is 12.8 Å². The minimum Gasteiger partial charge on any atom is -0.399 e. The van der Waals surface area contributed by atoms with Crippen LogP contribution in [-0.4, -0.2) is 26.2 Å². The summed E-state index contributed by atoms with van der Waals surface area (Å²) in [6.07, 6.45) is 0.848. The maximum absolute atomic E-state index is 13.5. The molecule has 0 radical (unpaired) electrons. The molecule has 1 saturated carbocycles. The van der Waals surface area contributed by atoms with E-state index in [-0.39, 0.29) is 34.7 Å². The van der Waals surface area contributed by atoms with Crippen molar-refractivity contribution in [2.45, 2.75) is 30.8 Å². The second-order valence-electron chi connectivity index (χ2n) is 4.97. The summed E-state index contributed by atoms with van der Waals surface area (Å²) < 4.78 is 40.1. The SMILES string of the molecule is Cc1c(F)cc(N)cc1S(=O)(=O)NCC1CC(O)C1. The lowest BCUT2D eigenvalue weighted by Crippen LogP contribution is -2.38. The molecule has 0 bridgehead atoms. The Bertz CT molecular complexity index is 583. The van der Waals surface area contributed by atoms with Crippen molar-refractivity contribution in [1.29, 1.82) is 0 Å². The third kappa shape index (κ3) is 3.05. The molecule has 5 nitrogen and oxygen atoms in total. The lowest BCUT2D eigenvalue weighted by atomic mass is 9.83. The van der Waals surface area contributed by atoms with Crippen molar-refractivity contribution in [2.24, 2.45) is 5.92 Å². The van der Waals surface area contributed by atoms with Crippen LogP contribution in [0.3, 0.4) is 0 Å². The number of nitrogens with one attached hydrogen (secondary N) is 1. The largest absolute Gasteiger partial charge is 0.399 e. The standard InChI is InChI=1S/C12H17FN2O3S/c1-7-11(13)4-9(14)5-12(7)19(17,18)15-6-8-2-10(16)3-8/h4-5,8,10,15-16H,2-3,6,14H2,1H3. The Hall–Kier alpha value is -1.18. The van der Waals surface area contributed by atoms with Crippen LogP contribution in [0.25, 0.3) is 0 Å². The van der Waals surface area contributed by atoms with Gasteiger partial charge < -0.3 is 10.8 Å². The summed E-state index contributed by atoms with van der Waals surface area (Å²) in [4.78, 5) is -0.134. The first-order valence-corrected chi connectivity index (χ1v) is 7.51. The molecule has 106 valence electrons. The molecule has 1 aliphatic carbocycles. The molecule has 0 aromatic heterocycles. The van der Waals surface area contributed by atoms with Gasteiger partial charge in [0, 0.05) is 17.8 Å². The molecule has 0 aliphatic heterocycles. The number of hydrogen-bond donors (Lipinski definition) is 3. The Balaban J connectivity index is 2.15. The number of aliphatic hydroxyl groups is 1. The highest BCUT2D eigenvalue weighted by atomic mass is 32.2. The number of rotatable bonds is 4. The highest BCUT2D eigenvalue weighted by Gasteiger charge is 2.29. The molecule has 2 rings (SSSR count). The fraction of sp³-hybridized carbons (Fsp3) is 0.500. The van der Waals surface area contributed by atoms with Gasteiger partial charge in [0.25, 0.3) is 0 Å². The van der Waals surface area contributed by atoms with Crippen molar-refractivity contribution in [2.75, 3.05) is 12.3 Å². The van der Waals surface area contributed by atoms with E-state index in [1.807, 2.05) is 0 Å². The zero-order valence-electron chi connectivity index (χ0n) is 10.6. The van der Waals surface area contributed by atoms with Crippen LogP contribution < -0.4 is 10.5 Å². The molecule has 1 aliphatic rings. The summed E-state index contributed by atoms with van der Waals surface area (Å²) in [5, 5.41) is 9.14. The topological polar surface area (TPSA) is 92.4 Å². The molecule has 1 aromatic rings. The third-order valence-corrected chi connectivity index (χ3v) is 4.93. The quantitative estimate of drug-likeness (QED) is 0.713. The molecule has 0 unspecified atom stereocenters. The Morgan fingerprint density at radius 2 is 2.11 bits per heavy atom. The van der Waals surface area contributed by atoms with Gasteiger partial charge in [-0.3, -0.25) is 0 Å². The van der Waals surface area contributed by atoms with Crippen LogP contribution in [0.1, 0.15) is 18.4 Å². The predicted octanol–water partition coefficient (Wildman–Crippen LogP) is 0.766. The molecule has 0 spiro atoms. The van der Waals surface area contributed by atoms with Gasteiger partial charge in [0.15, 0.2) is 0 Å². The zero-order valence-corrected chi connectivity index (χ0v) is 11.4. The van der Waals surface area contributed by atoms with E-state index < -0.39 is 15.8 Å². The summed E-state index contributed by atoms with van der Waals surface area (Å²) in [5.74, 6) is -0.504. The van der Waals surface area contributed by atoms with Crippen LogP contribution in [0.5, 0.6) is 0 Å². The van der Waals surface area contributed by atoms with E-state index in [9.17, 15) is 12.8 Å². The van der Waals surface area contributed by atoms with E-state index in [2.05, 4.69) is 4.72 Å². The van der Waals surface area contributed by atoms with E-state index in [0.717, 1.165) is 6.07 Å². The summed E-state index contributed by atoms with van der Waals surface area (Å²) in [5.41, 5.74) is 5.59. The van der Waals surface area contributed by atoms with Crippen LogP contribution in [0.4, 0.5) is 10.1 Å². The van der Waals surface area contributed by atoms with E-state index in [1.54, 1.807) is 0 Å². The van der Waals surface area contributed by atoms with Gasteiger partial charge in [0.1, 0.15) is 5.82 Å². The van der Waals surface area contributed by atoms with Crippen molar-refractivity contribution in [1.82, 2.24) is 4.72 Å². The van der Waals surface area contributed by atoms with E-state index in [4.69, 9.17) is 10.8 Å². The van der Waals surface area contributed by atoms with Gasteiger partial charge in [-0.05, 0) is 37.8 Å². The number of hydrogen-bond acceptors (Lipinski definition) is 4. The normalized spacial score (nSPS) is 23.1. The molecule has 0 atom stereocenters. The molecule has 19 heavy (non-hydrogen) atoms. The molecule has 4 N–H and O–H groups in total. The van der Waals surface area contributed by atoms with Gasteiger partial charge >= 0.3 is 0 Å². The highest BCUT2D eigenvalue weighted by molar-refractivity contribution is 7.89. The number of nitrogens with two attached hydrogens (primary N) is 1. The molecule has 1 fully saturated rings. The molecule has 0 amide bonds. The fourth-order valence-electron chi connectivity index (χ4n) is 2.13. The summed E-state index contributed by atoms with van der Waals surface area (Å²) in [7, 11) is -3.78. The lowest BCUT2D eigenvalue weighted by molar-refractivity contribution is 0.0453. The average Bonchev–Trinajstić information content (AvgIpc) is 2.27. The second-order valence-corrected chi connectivity index (χ2v) is 6.70. The van der Waals surface area contributed by atoms with E-state index >= 15 is 0 Å². The Labute approximate surface area is 111 Å². The molecule has 0 heterocycles. The molecule has 0 saturated heterocycles. The number of benzene rings is 1. The number of anilines is 1. The first-order valence-electron chi connectivity index (χ1n) is 6.03. The Morgan fingerprint density at radius 1 is 1.47 bits per heavy atom. The smallest absolute Gasteiger partial charge is 0.241 e. The van der Waals surface area contributed by atoms with Crippen LogP contribution in [-0.2, 0) is 10.0 Å². The van der Waals surface area contributed by atoms with E-state index in [1.165, 1.54) is 13.0 Å². The van der Waals surface area contributed by atoms with Crippen molar-refractivity contribution in [3.8, 4) is 0 Å². The minimum absolute atomic E-state index is 0.0512. The minimum atomic E-state index is -3.78. The van der Waals surface area contributed by atoms with Gasteiger partial charge in [0.05, 0.1) is 11.0 Å². The van der Waals surface area contributed by atoms with Crippen LogP contribution >= 0.6 is 0 Å². The average molecular weight is 288 g/mol. The van der Waals surface area contributed by atoms with Crippen LogP contribution in [0, 0.1) is 18.7 Å².